The summed E-state index contributed by atoms with van der Waals surface area (Å²) in [7, 11) is 4.24. The summed E-state index contributed by atoms with van der Waals surface area (Å²) in [5.74, 6) is 1.18. The maximum absolute atomic E-state index is 2.39. The lowest BCUT2D eigenvalue weighted by molar-refractivity contribution is 0.822. The normalized spacial score (nSPS) is 11.3. The number of nitrogens with zero attached hydrogens (tertiary/aromatic N) is 1. The van der Waals surface area contributed by atoms with E-state index in [1.165, 1.54) is 22.4 Å². The molecule has 0 saturated carbocycles. The van der Waals surface area contributed by atoms with Crippen LogP contribution in [0.2, 0.25) is 0 Å². The maximum atomic E-state index is 2.39. The fourth-order valence-corrected chi connectivity index (χ4v) is 2.20. The van der Waals surface area contributed by atoms with Crippen LogP contribution in [-0.2, 0) is 0 Å². The van der Waals surface area contributed by atoms with Crippen molar-refractivity contribution < 1.29 is 0 Å². The molecule has 0 atom stereocenters. The zero-order valence-corrected chi connectivity index (χ0v) is 11.8. The highest BCUT2D eigenvalue weighted by molar-refractivity contribution is 5.58. The van der Waals surface area contributed by atoms with Crippen LogP contribution in [0.5, 0.6) is 0 Å². The predicted molar refractivity (Wildman–Crippen MR) is 73.7 cm³/mol. The number of aryl methyl sites for hydroxylation is 1. The van der Waals surface area contributed by atoms with E-state index in [1.807, 2.05) is 0 Å². The van der Waals surface area contributed by atoms with E-state index in [4.69, 9.17) is 0 Å². The minimum Gasteiger partial charge on any atom is -0.377 e. The van der Waals surface area contributed by atoms with Crippen LogP contribution in [0.4, 0.5) is 5.69 Å². The summed E-state index contributed by atoms with van der Waals surface area (Å²) < 4.78 is 0. The first kappa shape index (κ1) is 13.1. The number of hydrogen-bond acceptors (Lipinski definition) is 1. The summed E-state index contributed by atoms with van der Waals surface area (Å²) >= 11 is 0. The van der Waals surface area contributed by atoms with Gasteiger partial charge in [-0.15, -0.1) is 0 Å². The van der Waals surface area contributed by atoms with Gasteiger partial charge >= 0.3 is 0 Å². The molecule has 0 amide bonds. The molecule has 90 valence electrons. The van der Waals surface area contributed by atoms with Crippen LogP contribution in [0.3, 0.4) is 0 Å². The van der Waals surface area contributed by atoms with Crippen LogP contribution in [0.25, 0.3) is 0 Å². The number of benzene rings is 1. The van der Waals surface area contributed by atoms with Crippen LogP contribution in [0, 0.1) is 6.92 Å². The Kier molecular flexibility index (Phi) is 4.01. The molecule has 0 unspecified atom stereocenters. The van der Waals surface area contributed by atoms with Crippen LogP contribution in [0.15, 0.2) is 12.1 Å². The summed E-state index contributed by atoms with van der Waals surface area (Å²) in [5, 5.41) is 0. The Morgan fingerprint density at radius 1 is 0.875 bits per heavy atom. The fraction of sp³-hybridized carbons (Fsp3) is 0.600. The second-order valence-electron chi connectivity index (χ2n) is 5.47. The molecule has 0 saturated heterocycles. The fourth-order valence-electron chi connectivity index (χ4n) is 2.20. The molecule has 0 N–H and O–H groups in total. The van der Waals surface area contributed by atoms with E-state index in [1.54, 1.807) is 0 Å². The molecule has 0 spiro atoms. The monoisotopic (exact) mass is 219 g/mol. The number of rotatable bonds is 3. The van der Waals surface area contributed by atoms with Crippen LogP contribution < -0.4 is 4.90 Å². The van der Waals surface area contributed by atoms with E-state index in [-0.39, 0.29) is 0 Å². The molecule has 16 heavy (non-hydrogen) atoms. The van der Waals surface area contributed by atoms with Gasteiger partial charge in [-0.2, -0.15) is 0 Å². The summed E-state index contributed by atoms with van der Waals surface area (Å²) in [4.78, 5) is 2.21. The van der Waals surface area contributed by atoms with Crippen molar-refractivity contribution in [1.29, 1.82) is 0 Å². The first-order valence-corrected chi connectivity index (χ1v) is 6.16. The van der Waals surface area contributed by atoms with Gasteiger partial charge in [0.2, 0.25) is 0 Å². The standard InChI is InChI=1S/C15H25N/c1-10(2)13-9-14(11(3)4)15(16(6)7)8-12(13)5/h8-11H,1-7H3. The second-order valence-corrected chi connectivity index (χ2v) is 5.47. The molecule has 0 aliphatic carbocycles. The van der Waals surface area contributed by atoms with Gasteiger partial charge in [-0.3, -0.25) is 0 Å². The Morgan fingerprint density at radius 3 is 1.75 bits per heavy atom. The zero-order chi connectivity index (χ0) is 12.5. The third kappa shape index (κ3) is 2.58. The average molecular weight is 219 g/mol. The zero-order valence-electron chi connectivity index (χ0n) is 11.8. The van der Waals surface area contributed by atoms with Gasteiger partial charge in [0, 0.05) is 19.8 Å². The molecule has 1 nitrogen and oxygen atoms in total. The van der Waals surface area contributed by atoms with Gasteiger partial charge in [0.25, 0.3) is 0 Å². The average Bonchev–Trinajstić information content (AvgIpc) is 2.15. The first-order valence-electron chi connectivity index (χ1n) is 6.16. The molecule has 1 aromatic carbocycles. The van der Waals surface area contributed by atoms with E-state index < -0.39 is 0 Å². The van der Waals surface area contributed by atoms with Gasteiger partial charge in [-0.25, -0.2) is 0 Å². The second kappa shape index (κ2) is 4.90. The molecule has 0 aliphatic heterocycles. The maximum Gasteiger partial charge on any atom is 0.0399 e. The van der Waals surface area contributed by atoms with Gasteiger partial charge in [0.15, 0.2) is 0 Å². The van der Waals surface area contributed by atoms with E-state index >= 15 is 0 Å². The molecule has 1 aromatic rings. The molecule has 1 heteroatoms. The summed E-state index contributed by atoms with van der Waals surface area (Å²) in [6.45, 7) is 11.3. The minimum absolute atomic E-state index is 0.579. The molecule has 1 rings (SSSR count). The Bertz CT molecular complexity index is 362. The van der Waals surface area contributed by atoms with Crippen molar-refractivity contribution in [2.24, 2.45) is 0 Å². The van der Waals surface area contributed by atoms with E-state index in [9.17, 15) is 0 Å². The molecule has 0 heterocycles. The number of hydrogen-bond donors (Lipinski definition) is 0. The van der Waals surface area contributed by atoms with Crippen molar-refractivity contribution in [1.82, 2.24) is 0 Å². The topological polar surface area (TPSA) is 3.24 Å². The highest BCUT2D eigenvalue weighted by Crippen LogP contribution is 2.32. The van der Waals surface area contributed by atoms with Gasteiger partial charge in [0.05, 0.1) is 0 Å². The molecule has 0 aliphatic rings. The van der Waals surface area contributed by atoms with Crippen molar-refractivity contribution in [3.8, 4) is 0 Å². The lowest BCUT2D eigenvalue weighted by Gasteiger charge is -2.23. The van der Waals surface area contributed by atoms with Gasteiger partial charge in [0.1, 0.15) is 0 Å². The first-order chi connectivity index (χ1) is 7.34. The summed E-state index contributed by atoms with van der Waals surface area (Å²) in [5.41, 5.74) is 5.70. The minimum atomic E-state index is 0.579. The smallest absolute Gasteiger partial charge is 0.0399 e. The third-order valence-corrected chi connectivity index (χ3v) is 3.14. The van der Waals surface area contributed by atoms with Crippen molar-refractivity contribution in [2.45, 2.75) is 46.5 Å². The lowest BCUT2D eigenvalue weighted by atomic mass is 9.90. The van der Waals surface area contributed by atoms with Crippen LogP contribution in [-0.4, -0.2) is 14.1 Å². The Labute approximate surface area is 100 Å². The van der Waals surface area contributed by atoms with Gasteiger partial charge in [-0.05, 0) is 41.5 Å². The number of anilines is 1. The van der Waals surface area contributed by atoms with Gasteiger partial charge < -0.3 is 4.90 Å². The highest BCUT2D eigenvalue weighted by atomic mass is 15.1. The summed E-state index contributed by atoms with van der Waals surface area (Å²) in [6, 6.07) is 4.71. The van der Waals surface area contributed by atoms with Crippen molar-refractivity contribution in [3.63, 3.8) is 0 Å². The Morgan fingerprint density at radius 2 is 1.38 bits per heavy atom. The lowest BCUT2D eigenvalue weighted by Crippen LogP contribution is -2.13. The third-order valence-electron chi connectivity index (χ3n) is 3.14. The SMILES string of the molecule is Cc1cc(N(C)C)c(C(C)C)cc1C(C)C. The quantitative estimate of drug-likeness (QED) is 0.732. The van der Waals surface area contributed by atoms with Crippen molar-refractivity contribution >= 4 is 5.69 Å². The van der Waals surface area contributed by atoms with E-state index in [0.29, 0.717) is 11.8 Å². The molecule has 0 bridgehead atoms. The van der Waals surface area contributed by atoms with Crippen molar-refractivity contribution in [2.75, 3.05) is 19.0 Å². The highest BCUT2D eigenvalue weighted by Gasteiger charge is 2.13. The molecular formula is C15H25N. The summed E-state index contributed by atoms with van der Waals surface area (Å²) in [6.07, 6.45) is 0. The van der Waals surface area contributed by atoms with Crippen LogP contribution in [0.1, 0.15) is 56.2 Å². The largest absolute Gasteiger partial charge is 0.377 e. The molecular weight excluding hydrogens is 194 g/mol. The van der Waals surface area contributed by atoms with E-state index in [0.717, 1.165) is 0 Å². The molecule has 0 aromatic heterocycles. The Balaban J connectivity index is 3.37. The Hall–Kier alpha value is -0.980. The van der Waals surface area contributed by atoms with Gasteiger partial charge in [-0.1, -0.05) is 33.8 Å². The molecule has 0 radical (unpaired) electrons. The van der Waals surface area contributed by atoms with Crippen LogP contribution >= 0.6 is 0 Å². The van der Waals surface area contributed by atoms with Crippen molar-refractivity contribution in [3.05, 3.63) is 28.8 Å². The van der Waals surface area contributed by atoms with E-state index in [2.05, 4.69) is 65.7 Å². The predicted octanol–water partition coefficient (Wildman–Crippen LogP) is 4.31. The molecule has 0 fully saturated rings.